The standard InChI is InChI=1S/C30H19N3O5/c34-26(19-11-9-18(10-12-19)17-33-28(35)22-5-1-2-6-23(22)29(33)36)31-21-15-13-20(14-16-21)27-32-25-8-4-3-7-24(25)30(37)38-27/h1-16H,17H2,(H,31,34). The highest BCUT2D eigenvalue weighted by molar-refractivity contribution is 6.21. The van der Waals surface area contributed by atoms with Crippen LogP contribution in [0.1, 0.15) is 36.6 Å². The number of amides is 3. The SMILES string of the molecule is O=C(Nc1ccc(-c2nc3ccccc3c(=O)o2)cc1)c1ccc(CN2C(=O)c3ccccc3C2=O)cc1. The summed E-state index contributed by atoms with van der Waals surface area (Å²) in [7, 11) is 0. The molecule has 0 saturated heterocycles. The topological polar surface area (TPSA) is 110 Å². The molecule has 184 valence electrons. The summed E-state index contributed by atoms with van der Waals surface area (Å²) in [5.41, 5.74) is 3.18. The molecule has 0 unspecified atom stereocenters. The second-order valence-corrected chi connectivity index (χ2v) is 8.79. The van der Waals surface area contributed by atoms with Crippen molar-refractivity contribution in [1.29, 1.82) is 0 Å². The van der Waals surface area contributed by atoms with Gasteiger partial charge < -0.3 is 9.73 Å². The van der Waals surface area contributed by atoms with E-state index in [1.807, 2.05) is 0 Å². The van der Waals surface area contributed by atoms with E-state index in [1.165, 1.54) is 4.90 Å². The van der Waals surface area contributed by atoms with E-state index in [9.17, 15) is 19.2 Å². The monoisotopic (exact) mass is 501 g/mol. The summed E-state index contributed by atoms with van der Waals surface area (Å²) in [5, 5.41) is 3.24. The number of anilines is 1. The largest absolute Gasteiger partial charge is 0.403 e. The number of nitrogens with one attached hydrogen (secondary N) is 1. The maximum absolute atomic E-state index is 12.8. The molecule has 1 aromatic heterocycles. The van der Waals surface area contributed by atoms with E-state index in [-0.39, 0.29) is 30.2 Å². The predicted molar refractivity (Wildman–Crippen MR) is 141 cm³/mol. The van der Waals surface area contributed by atoms with Crippen molar-refractivity contribution in [3.05, 3.63) is 130 Å². The van der Waals surface area contributed by atoms with Crippen molar-refractivity contribution >= 4 is 34.3 Å². The van der Waals surface area contributed by atoms with Gasteiger partial charge in [0, 0.05) is 16.8 Å². The Labute approximate surface area is 216 Å². The third-order valence-corrected chi connectivity index (χ3v) is 6.36. The molecule has 0 atom stereocenters. The van der Waals surface area contributed by atoms with Crippen molar-refractivity contribution in [2.24, 2.45) is 0 Å². The molecule has 1 aliphatic heterocycles. The van der Waals surface area contributed by atoms with Gasteiger partial charge in [-0.3, -0.25) is 19.3 Å². The highest BCUT2D eigenvalue weighted by Crippen LogP contribution is 2.25. The van der Waals surface area contributed by atoms with E-state index in [0.717, 1.165) is 5.56 Å². The Balaban J connectivity index is 1.13. The first-order valence-electron chi connectivity index (χ1n) is 11.8. The molecule has 38 heavy (non-hydrogen) atoms. The first kappa shape index (κ1) is 23.1. The van der Waals surface area contributed by atoms with Crippen LogP contribution in [0, 0.1) is 0 Å². The molecule has 0 bridgehead atoms. The molecule has 8 nitrogen and oxygen atoms in total. The molecule has 0 saturated carbocycles. The molecule has 8 heteroatoms. The summed E-state index contributed by atoms with van der Waals surface area (Å²) < 4.78 is 5.36. The zero-order valence-corrected chi connectivity index (χ0v) is 19.9. The highest BCUT2D eigenvalue weighted by Gasteiger charge is 2.34. The van der Waals surface area contributed by atoms with Crippen molar-refractivity contribution in [1.82, 2.24) is 9.88 Å². The Kier molecular flexibility index (Phi) is 5.61. The highest BCUT2D eigenvalue weighted by atomic mass is 16.4. The third kappa shape index (κ3) is 4.14. The number of nitrogens with zero attached hydrogens (tertiary/aromatic N) is 2. The fourth-order valence-electron chi connectivity index (χ4n) is 4.37. The first-order chi connectivity index (χ1) is 18.5. The molecular weight excluding hydrogens is 482 g/mol. The third-order valence-electron chi connectivity index (χ3n) is 6.36. The average molecular weight is 501 g/mol. The van der Waals surface area contributed by atoms with Gasteiger partial charge >= 0.3 is 5.63 Å². The lowest BCUT2D eigenvalue weighted by Gasteiger charge is -2.14. The summed E-state index contributed by atoms with van der Waals surface area (Å²) in [5.74, 6) is -0.774. The molecule has 4 aromatic carbocycles. The van der Waals surface area contributed by atoms with Gasteiger partial charge in [0.15, 0.2) is 0 Å². The van der Waals surface area contributed by atoms with Crippen LogP contribution in [0.25, 0.3) is 22.4 Å². The lowest BCUT2D eigenvalue weighted by atomic mass is 10.1. The van der Waals surface area contributed by atoms with Crippen LogP contribution >= 0.6 is 0 Å². The van der Waals surface area contributed by atoms with Crippen LogP contribution < -0.4 is 10.9 Å². The van der Waals surface area contributed by atoms with Gasteiger partial charge in [0.05, 0.1) is 28.6 Å². The molecule has 0 fully saturated rings. The number of hydrogen-bond acceptors (Lipinski definition) is 6. The minimum absolute atomic E-state index is 0.120. The van der Waals surface area contributed by atoms with Crippen LogP contribution in [0.4, 0.5) is 5.69 Å². The quantitative estimate of drug-likeness (QED) is 0.343. The molecule has 1 N–H and O–H groups in total. The van der Waals surface area contributed by atoms with Crippen LogP contribution in [0.5, 0.6) is 0 Å². The van der Waals surface area contributed by atoms with Gasteiger partial charge in [-0.2, -0.15) is 0 Å². The number of imide groups is 1. The summed E-state index contributed by atoms with van der Waals surface area (Å²) in [6.07, 6.45) is 0. The number of fused-ring (bicyclic) bond motifs is 2. The zero-order chi connectivity index (χ0) is 26.2. The maximum Gasteiger partial charge on any atom is 0.347 e. The molecule has 0 spiro atoms. The molecule has 0 aliphatic carbocycles. The molecule has 0 radical (unpaired) electrons. The summed E-state index contributed by atoms with van der Waals surface area (Å²) in [4.78, 5) is 55.8. The number of para-hydroxylation sites is 1. The molecule has 3 amide bonds. The molecule has 6 rings (SSSR count). The van der Waals surface area contributed by atoms with Gasteiger partial charge in [0.2, 0.25) is 5.89 Å². The fourth-order valence-corrected chi connectivity index (χ4v) is 4.37. The van der Waals surface area contributed by atoms with Crippen LogP contribution in [0.15, 0.2) is 106 Å². The Bertz CT molecular complexity index is 1760. The lowest BCUT2D eigenvalue weighted by Crippen LogP contribution is -2.29. The zero-order valence-electron chi connectivity index (χ0n) is 19.9. The lowest BCUT2D eigenvalue weighted by molar-refractivity contribution is 0.0642. The fraction of sp³-hybridized carbons (Fsp3) is 0.0333. The average Bonchev–Trinajstić information content (AvgIpc) is 3.18. The Morgan fingerprint density at radius 2 is 1.39 bits per heavy atom. The van der Waals surface area contributed by atoms with Crippen molar-refractivity contribution in [3.8, 4) is 11.5 Å². The number of aromatic nitrogens is 1. The van der Waals surface area contributed by atoms with Crippen molar-refractivity contribution in [2.75, 3.05) is 5.32 Å². The normalized spacial score (nSPS) is 12.6. The Hall–Kier alpha value is -5.37. The number of carbonyl (C=O) groups is 3. The minimum atomic E-state index is -0.463. The summed E-state index contributed by atoms with van der Waals surface area (Å²) in [6.45, 7) is 0.120. The Morgan fingerprint density at radius 3 is 2.08 bits per heavy atom. The second-order valence-electron chi connectivity index (χ2n) is 8.79. The number of rotatable bonds is 5. The smallest absolute Gasteiger partial charge is 0.347 e. The van der Waals surface area contributed by atoms with Gasteiger partial charge in [0.25, 0.3) is 17.7 Å². The van der Waals surface area contributed by atoms with Crippen LogP contribution in [0.3, 0.4) is 0 Å². The number of benzene rings is 4. The first-order valence-corrected chi connectivity index (χ1v) is 11.8. The van der Waals surface area contributed by atoms with E-state index in [0.29, 0.717) is 38.8 Å². The molecule has 2 heterocycles. The predicted octanol–water partition coefficient (Wildman–Crippen LogP) is 4.90. The van der Waals surface area contributed by atoms with Crippen molar-refractivity contribution < 1.29 is 18.8 Å². The van der Waals surface area contributed by atoms with E-state index in [1.54, 1.807) is 97.1 Å². The second kappa shape index (κ2) is 9.25. The number of carbonyl (C=O) groups excluding carboxylic acids is 3. The summed E-state index contributed by atoms with van der Waals surface area (Å²) >= 11 is 0. The van der Waals surface area contributed by atoms with E-state index in [4.69, 9.17) is 4.42 Å². The van der Waals surface area contributed by atoms with E-state index < -0.39 is 5.63 Å². The van der Waals surface area contributed by atoms with Gasteiger partial charge in [-0.25, -0.2) is 9.78 Å². The molecular formula is C30H19N3O5. The minimum Gasteiger partial charge on any atom is -0.403 e. The van der Waals surface area contributed by atoms with E-state index >= 15 is 0 Å². The van der Waals surface area contributed by atoms with Crippen LogP contribution in [-0.2, 0) is 6.54 Å². The molecule has 1 aliphatic rings. The summed E-state index contributed by atoms with van der Waals surface area (Å²) in [6, 6.07) is 27.2. The van der Waals surface area contributed by atoms with Gasteiger partial charge in [0.1, 0.15) is 0 Å². The van der Waals surface area contributed by atoms with Crippen LogP contribution in [0.2, 0.25) is 0 Å². The van der Waals surface area contributed by atoms with Gasteiger partial charge in [-0.15, -0.1) is 0 Å². The molecule has 5 aromatic rings. The van der Waals surface area contributed by atoms with E-state index in [2.05, 4.69) is 10.3 Å². The van der Waals surface area contributed by atoms with Crippen molar-refractivity contribution in [3.63, 3.8) is 0 Å². The van der Waals surface area contributed by atoms with Gasteiger partial charge in [-0.1, -0.05) is 36.4 Å². The number of hydrogen-bond donors (Lipinski definition) is 1. The van der Waals surface area contributed by atoms with Crippen LogP contribution in [-0.4, -0.2) is 27.6 Å². The van der Waals surface area contributed by atoms with Gasteiger partial charge in [-0.05, 0) is 66.2 Å². The Morgan fingerprint density at radius 1 is 0.763 bits per heavy atom. The van der Waals surface area contributed by atoms with Crippen molar-refractivity contribution in [2.45, 2.75) is 6.54 Å². The maximum atomic E-state index is 12.8.